The van der Waals surface area contributed by atoms with Crippen LogP contribution in [0.4, 0.5) is 0 Å². The molecule has 98 valence electrons. The van der Waals surface area contributed by atoms with Crippen LogP contribution in [0.25, 0.3) is 0 Å². The van der Waals surface area contributed by atoms with Crippen LogP contribution < -0.4 is 5.32 Å². The van der Waals surface area contributed by atoms with Gasteiger partial charge in [0.05, 0.1) is 6.10 Å². The number of rotatable bonds is 4. The van der Waals surface area contributed by atoms with Crippen molar-refractivity contribution in [3.63, 3.8) is 0 Å². The van der Waals surface area contributed by atoms with Crippen molar-refractivity contribution in [1.29, 1.82) is 0 Å². The van der Waals surface area contributed by atoms with Gasteiger partial charge in [0, 0.05) is 19.1 Å². The van der Waals surface area contributed by atoms with Gasteiger partial charge < -0.3 is 10.1 Å². The van der Waals surface area contributed by atoms with Crippen molar-refractivity contribution in [2.45, 2.75) is 25.9 Å². The van der Waals surface area contributed by atoms with Crippen LogP contribution in [0.15, 0.2) is 12.1 Å². The highest BCUT2D eigenvalue weighted by atomic mass is 35.5. The normalized spacial score (nSPS) is 23.0. The summed E-state index contributed by atoms with van der Waals surface area (Å²) in [4.78, 5) is 11.8. The number of nitrogens with one attached hydrogen (secondary N) is 1. The lowest BCUT2D eigenvalue weighted by Gasteiger charge is -2.16. The fourth-order valence-corrected chi connectivity index (χ4v) is 2.23. The van der Waals surface area contributed by atoms with Gasteiger partial charge in [-0.1, -0.05) is 18.5 Å². The molecule has 0 spiro atoms. The van der Waals surface area contributed by atoms with Gasteiger partial charge in [0.1, 0.15) is 0 Å². The summed E-state index contributed by atoms with van der Waals surface area (Å²) >= 11 is 5.61. The summed E-state index contributed by atoms with van der Waals surface area (Å²) in [7, 11) is 0. The largest absolute Gasteiger partial charge is 0.378 e. The second kappa shape index (κ2) is 6.11. The first-order valence-corrected chi connectivity index (χ1v) is 6.47. The molecule has 0 bridgehead atoms. The van der Waals surface area contributed by atoms with Crippen molar-refractivity contribution in [1.82, 2.24) is 15.5 Å². The Morgan fingerprint density at radius 3 is 3.06 bits per heavy atom. The minimum atomic E-state index is -0.221. The van der Waals surface area contributed by atoms with E-state index in [1.54, 1.807) is 12.1 Å². The van der Waals surface area contributed by atoms with Crippen LogP contribution >= 0.6 is 11.6 Å². The van der Waals surface area contributed by atoms with Crippen LogP contribution in [0.3, 0.4) is 0 Å². The first kappa shape index (κ1) is 13.2. The van der Waals surface area contributed by atoms with E-state index in [4.69, 9.17) is 16.3 Å². The Kier molecular flexibility index (Phi) is 4.49. The second-order valence-corrected chi connectivity index (χ2v) is 4.70. The molecule has 0 saturated carbocycles. The number of ether oxygens (including phenoxy) is 1. The maximum atomic E-state index is 11.8. The first-order chi connectivity index (χ1) is 8.70. The minimum Gasteiger partial charge on any atom is -0.378 e. The maximum Gasteiger partial charge on any atom is 0.271 e. The highest BCUT2D eigenvalue weighted by molar-refractivity contribution is 6.29. The van der Waals surface area contributed by atoms with Crippen molar-refractivity contribution in [2.75, 3.05) is 13.2 Å². The molecule has 1 N–H and O–H groups in total. The molecule has 1 aliphatic heterocycles. The molecule has 1 aromatic rings. The molecule has 0 aromatic carbocycles. The van der Waals surface area contributed by atoms with Crippen molar-refractivity contribution in [2.24, 2.45) is 5.92 Å². The number of nitrogens with zero attached hydrogens (tertiary/aromatic N) is 2. The van der Waals surface area contributed by atoms with Crippen LogP contribution in [-0.4, -0.2) is 35.4 Å². The van der Waals surface area contributed by atoms with Crippen LogP contribution in [0.1, 0.15) is 30.3 Å². The summed E-state index contributed by atoms with van der Waals surface area (Å²) in [6.45, 7) is 3.48. The molecule has 2 rings (SSSR count). The summed E-state index contributed by atoms with van der Waals surface area (Å²) < 4.78 is 5.57. The number of amides is 1. The summed E-state index contributed by atoms with van der Waals surface area (Å²) in [5.74, 6) is 0.167. The third-order valence-electron chi connectivity index (χ3n) is 3.14. The SMILES string of the molecule is CCC1OCCC1CNC(=O)c1ccc(Cl)nn1. The van der Waals surface area contributed by atoms with E-state index in [1.165, 1.54) is 0 Å². The Bertz CT molecular complexity index is 410. The van der Waals surface area contributed by atoms with Crippen LogP contribution in [0.5, 0.6) is 0 Å². The number of halogens is 1. The van der Waals surface area contributed by atoms with Gasteiger partial charge in [-0.15, -0.1) is 10.2 Å². The highest BCUT2D eigenvalue weighted by Crippen LogP contribution is 2.22. The number of carbonyl (C=O) groups is 1. The second-order valence-electron chi connectivity index (χ2n) is 4.32. The van der Waals surface area contributed by atoms with Gasteiger partial charge in [-0.25, -0.2) is 0 Å². The van der Waals surface area contributed by atoms with E-state index in [-0.39, 0.29) is 22.9 Å². The number of carbonyl (C=O) groups excluding carboxylic acids is 1. The Morgan fingerprint density at radius 1 is 1.56 bits per heavy atom. The van der Waals surface area contributed by atoms with E-state index >= 15 is 0 Å². The Morgan fingerprint density at radius 2 is 2.39 bits per heavy atom. The van der Waals surface area contributed by atoms with Gasteiger partial charge in [0.2, 0.25) is 0 Å². The zero-order valence-corrected chi connectivity index (χ0v) is 11.0. The van der Waals surface area contributed by atoms with Gasteiger partial charge in [0.15, 0.2) is 10.8 Å². The minimum absolute atomic E-state index is 0.221. The predicted molar refractivity (Wildman–Crippen MR) is 67.5 cm³/mol. The van der Waals surface area contributed by atoms with Crippen LogP contribution in [-0.2, 0) is 4.74 Å². The molecule has 2 unspecified atom stereocenters. The molecule has 6 heteroatoms. The van der Waals surface area contributed by atoms with E-state index in [2.05, 4.69) is 22.4 Å². The van der Waals surface area contributed by atoms with E-state index in [0.717, 1.165) is 19.4 Å². The lowest BCUT2D eigenvalue weighted by Crippen LogP contribution is -2.33. The third kappa shape index (κ3) is 3.17. The summed E-state index contributed by atoms with van der Waals surface area (Å²) in [5, 5.41) is 10.5. The van der Waals surface area contributed by atoms with Crippen molar-refractivity contribution in [3.8, 4) is 0 Å². The van der Waals surface area contributed by atoms with Crippen molar-refractivity contribution < 1.29 is 9.53 Å². The Labute approximate surface area is 111 Å². The van der Waals surface area contributed by atoms with Crippen LogP contribution in [0, 0.1) is 5.92 Å². The van der Waals surface area contributed by atoms with E-state index in [1.807, 2.05) is 0 Å². The maximum absolute atomic E-state index is 11.8. The summed E-state index contributed by atoms with van der Waals surface area (Å²) in [6, 6.07) is 3.12. The smallest absolute Gasteiger partial charge is 0.271 e. The molecule has 1 amide bonds. The van der Waals surface area contributed by atoms with Gasteiger partial charge in [0.25, 0.3) is 5.91 Å². The van der Waals surface area contributed by atoms with Crippen molar-refractivity contribution >= 4 is 17.5 Å². The zero-order valence-electron chi connectivity index (χ0n) is 10.2. The Hall–Kier alpha value is -1.20. The molecule has 0 aliphatic carbocycles. The van der Waals surface area contributed by atoms with Gasteiger partial charge >= 0.3 is 0 Å². The molecule has 1 fully saturated rings. The number of hydrogen-bond donors (Lipinski definition) is 1. The van der Waals surface area contributed by atoms with E-state index in [9.17, 15) is 4.79 Å². The van der Waals surface area contributed by atoms with Gasteiger partial charge in [-0.05, 0) is 25.0 Å². The lowest BCUT2D eigenvalue weighted by atomic mass is 10.00. The lowest BCUT2D eigenvalue weighted by molar-refractivity contribution is 0.0824. The standard InChI is InChI=1S/C12H16ClN3O2/c1-2-10-8(5-6-18-10)7-14-12(17)9-3-4-11(13)16-15-9/h3-4,8,10H,2,5-7H2,1H3,(H,14,17). The number of aromatic nitrogens is 2. The highest BCUT2D eigenvalue weighted by Gasteiger charge is 2.27. The van der Waals surface area contributed by atoms with Crippen molar-refractivity contribution in [3.05, 3.63) is 23.0 Å². The molecule has 1 saturated heterocycles. The third-order valence-corrected chi connectivity index (χ3v) is 3.34. The van der Waals surface area contributed by atoms with Crippen LogP contribution in [0.2, 0.25) is 5.15 Å². The molecular formula is C12H16ClN3O2. The summed E-state index contributed by atoms with van der Waals surface area (Å²) in [5.41, 5.74) is 0.284. The molecule has 1 aliphatic rings. The summed E-state index contributed by atoms with van der Waals surface area (Å²) in [6.07, 6.45) is 2.22. The molecule has 2 atom stereocenters. The molecule has 1 aromatic heterocycles. The van der Waals surface area contributed by atoms with E-state index in [0.29, 0.717) is 12.5 Å². The van der Waals surface area contributed by atoms with Gasteiger partial charge in [-0.3, -0.25) is 4.79 Å². The zero-order chi connectivity index (χ0) is 13.0. The average Bonchev–Trinajstić information content (AvgIpc) is 2.84. The molecule has 0 radical (unpaired) electrons. The topological polar surface area (TPSA) is 64.1 Å². The predicted octanol–water partition coefficient (Wildman–Crippen LogP) is 1.67. The molecule has 2 heterocycles. The molecule has 5 nitrogen and oxygen atoms in total. The monoisotopic (exact) mass is 269 g/mol. The van der Waals surface area contributed by atoms with E-state index < -0.39 is 0 Å². The molecular weight excluding hydrogens is 254 g/mol. The Balaban J connectivity index is 1.86. The first-order valence-electron chi connectivity index (χ1n) is 6.09. The fraction of sp³-hybridized carbons (Fsp3) is 0.583. The number of hydrogen-bond acceptors (Lipinski definition) is 4. The van der Waals surface area contributed by atoms with Gasteiger partial charge in [-0.2, -0.15) is 0 Å². The fourth-order valence-electron chi connectivity index (χ4n) is 2.13. The quantitative estimate of drug-likeness (QED) is 0.903. The molecule has 18 heavy (non-hydrogen) atoms. The average molecular weight is 270 g/mol.